The Labute approximate surface area is 167 Å². The zero-order valence-corrected chi connectivity index (χ0v) is 16.3. The Balaban J connectivity index is 2.25. The minimum absolute atomic E-state index is 0.0650. The summed E-state index contributed by atoms with van der Waals surface area (Å²) < 4.78 is 18.6. The second-order valence-corrected chi connectivity index (χ2v) is 7.42. The molecule has 0 aromatic heterocycles. The number of halogens is 1. The summed E-state index contributed by atoms with van der Waals surface area (Å²) >= 11 is 1.06. The van der Waals surface area contributed by atoms with E-state index in [1.807, 2.05) is 0 Å². The second kappa shape index (κ2) is 10.7. The van der Waals surface area contributed by atoms with E-state index in [0.29, 0.717) is 23.1 Å². The number of hydrogen-bond acceptors (Lipinski definition) is 6. The van der Waals surface area contributed by atoms with Gasteiger partial charge in [-0.25, -0.2) is 4.39 Å². The first-order chi connectivity index (χ1) is 13.4. The number of rotatable bonds is 9. The number of benzene rings is 2. The van der Waals surface area contributed by atoms with Crippen LogP contribution >= 0.6 is 11.8 Å². The molecule has 0 aliphatic heterocycles. The minimum Gasteiger partial charge on any atom is -0.460 e. The van der Waals surface area contributed by atoms with Crippen molar-refractivity contribution in [1.29, 1.82) is 0 Å². The van der Waals surface area contributed by atoms with Gasteiger partial charge in [0, 0.05) is 29.7 Å². The molecular formula is C21H22FNO4S. The lowest BCUT2D eigenvalue weighted by molar-refractivity contribution is -0.143. The molecular weight excluding hydrogens is 381 g/mol. The van der Waals surface area contributed by atoms with Crippen molar-refractivity contribution in [2.24, 2.45) is 11.7 Å². The third-order valence-electron chi connectivity index (χ3n) is 4.07. The molecule has 2 aromatic carbocycles. The van der Waals surface area contributed by atoms with Gasteiger partial charge in [-0.3, -0.25) is 14.4 Å². The van der Waals surface area contributed by atoms with Gasteiger partial charge in [-0.05, 0) is 24.1 Å². The number of ether oxygens (including phenoxy) is 1. The Bertz CT molecular complexity index is 856. The number of hydrogen-bond donors (Lipinski definition) is 1. The molecule has 0 aliphatic rings. The fourth-order valence-electron chi connectivity index (χ4n) is 2.72. The molecule has 0 aliphatic carbocycles. The van der Waals surface area contributed by atoms with Crippen molar-refractivity contribution in [3.05, 3.63) is 71.0 Å². The molecule has 7 heteroatoms. The monoisotopic (exact) mass is 403 g/mol. The third kappa shape index (κ3) is 6.58. The molecule has 148 valence electrons. The van der Waals surface area contributed by atoms with E-state index in [1.165, 1.54) is 19.1 Å². The number of carbonyl (C=O) groups excluding carboxylic acids is 3. The van der Waals surface area contributed by atoms with Gasteiger partial charge < -0.3 is 10.5 Å². The maximum absolute atomic E-state index is 13.5. The van der Waals surface area contributed by atoms with E-state index < -0.39 is 11.9 Å². The average Bonchev–Trinajstić information content (AvgIpc) is 2.68. The molecule has 0 heterocycles. The van der Waals surface area contributed by atoms with Gasteiger partial charge in [0.25, 0.3) is 0 Å². The van der Waals surface area contributed by atoms with E-state index in [4.69, 9.17) is 10.5 Å². The molecule has 1 unspecified atom stereocenters. The highest BCUT2D eigenvalue weighted by molar-refractivity contribution is 8.13. The van der Waals surface area contributed by atoms with Gasteiger partial charge in [0.1, 0.15) is 12.4 Å². The van der Waals surface area contributed by atoms with Crippen molar-refractivity contribution in [2.45, 2.75) is 20.0 Å². The van der Waals surface area contributed by atoms with Crippen molar-refractivity contribution >= 4 is 28.6 Å². The molecule has 0 radical (unpaired) electrons. The first-order valence-electron chi connectivity index (χ1n) is 8.76. The summed E-state index contributed by atoms with van der Waals surface area (Å²) in [6.07, 6.45) is 0.299. The van der Waals surface area contributed by atoms with Gasteiger partial charge in [0.05, 0.1) is 6.54 Å². The van der Waals surface area contributed by atoms with Crippen LogP contribution in [0.3, 0.4) is 0 Å². The van der Waals surface area contributed by atoms with E-state index in [2.05, 4.69) is 0 Å². The number of Topliss-reactive ketones (excluding diaryl/α,β-unsaturated/α-hetero) is 1. The fraction of sp³-hybridized carbons (Fsp3) is 0.286. The molecule has 0 saturated carbocycles. The van der Waals surface area contributed by atoms with Crippen molar-refractivity contribution in [1.82, 2.24) is 0 Å². The van der Waals surface area contributed by atoms with Gasteiger partial charge in [-0.15, -0.1) is 0 Å². The first kappa shape index (κ1) is 21.8. The standard InChI is InChI=1S/C21H22FNO4S/c1-14(24)28-13-17(9-15-5-4-7-18(22)10-15)21(26)19-8-3-2-6-16(19)12-27-20(25)11-23/h2-8,10,17H,9,11-13,23H2,1H3. The van der Waals surface area contributed by atoms with E-state index in [9.17, 15) is 18.8 Å². The smallest absolute Gasteiger partial charge is 0.320 e. The van der Waals surface area contributed by atoms with Crippen LogP contribution in [0.5, 0.6) is 0 Å². The quantitative estimate of drug-likeness (QED) is 0.511. The Morgan fingerprint density at radius 2 is 1.89 bits per heavy atom. The van der Waals surface area contributed by atoms with Gasteiger partial charge in [-0.2, -0.15) is 0 Å². The summed E-state index contributed by atoms with van der Waals surface area (Å²) in [5.74, 6) is -1.37. The summed E-state index contributed by atoms with van der Waals surface area (Å²) in [6, 6.07) is 12.9. The molecule has 2 aromatic rings. The van der Waals surface area contributed by atoms with Crippen molar-refractivity contribution < 1.29 is 23.5 Å². The van der Waals surface area contributed by atoms with Crippen LogP contribution in [0.4, 0.5) is 4.39 Å². The van der Waals surface area contributed by atoms with E-state index in [1.54, 1.807) is 36.4 Å². The van der Waals surface area contributed by atoms with Crippen LogP contribution in [0.2, 0.25) is 0 Å². The van der Waals surface area contributed by atoms with Crippen LogP contribution in [-0.2, 0) is 27.4 Å². The van der Waals surface area contributed by atoms with Crippen molar-refractivity contribution in [3.63, 3.8) is 0 Å². The van der Waals surface area contributed by atoms with Crippen LogP contribution < -0.4 is 5.73 Å². The van der Waals surface area contributed by atoms with Gasteiger partial charge in [-0.1, -0.05) is 48.2 Å². The highest BCUT2D eigenvalue weighted by Gasteiger charge is 2.24. The summed E-state index contributed by atoms with van der Waals surface area (Å²) in [7, 11) is 0. The highest BCUT2D eigenvalue weighted by atomic mass is 32.2. The number of ketones is 1. The minimum atomic E-state index is -0.564. The largest absolute Gasteiger partial charge is 0.460 e. The van der Waals surface area contributed by atoms with Crippen LogP contribution in [0.25, 0.3) is 0 Å². The van der Waals surface area contributed by atoms with Crippen molar-refractivity contribution in [2.75, 3.05) is 12.3 Å². The number of thioether (sulfide) groups is 1. The fourth-order valence-corrected chi connectivity index (χ4v) is 3.42. The molecule has 0 spiro atoms. The molecule has 0 amide bonds. The predicted molar refractivity (Wildman–Crippen MR) is 106 cm³/mol. The maximum Gasteiger partial charge on any atom is 0.320 e. The Morgan fingerprint density at radius 3 is 2.57 bits per heavy atom. The molecule has 1 atom stereocenters. The lowest BCUT2D eigenvalue weighted by Crippen LogP contribution is -2.23. The molecule has 2 N–H and O–H groups in total. The Hall–Kier alpha value is -2.51. The van der Waals surface area contributed by atoms with E-state index in [-0.39, 0.29) is 35.6 Å². The van der Waals surface area contributed by atoms with Gasteiger partial charge in [0.15, 0.2) is 10.9 Å². The van der Waals surface area contributed by atoms with Gasteiger partial charge in [0.2, 0.25) is 0 Å². The molecule has 28 heavy (non-hydrogen) atoms. The average molecular weight is 403 g/mol. The van der Waals surface area contributed by atoms with Crippen molar-refractivity contribution in [3.8, 4) is 0 Å². The molecule has 0 saturated heterocycles. The zero-order valence-electron chi connectivity index (χ0n) is 15.5. The summed E-state index contributed by atoms with van der Waals surface area (Å²) in [5.41, 5.74) is 6.89. The topological polar surface area (TPSA) is 86.5 Å². The third-order valence-corrected chi connectivity index (χ3v) is 5.04. The van der Waals surface area contributed by atoms with Crippen LogP contribution in [0, 0.1) is 11.7 Å². The lowest BCUT2D eigenvalue weighted by atomic mass is 9.90. The molecule has 0 bridgehead atoms. The highest BCUT2D eigenvalue weighted by Crippen LogP contribution is 2.23. The van der Waals surface area contributed by atoms with Crippen LogP contribution in [0.1, 0.15) is 28.4 Å². The lowest BCUT2D eigenvalue weighted by Gasteiger charge is -2.17. The second-order valence-electron chi connectivity index (χ2n) is 6.22. The normalized spacial score (nSPS) is 11.7. The van der Waals surface area contributed by atoms with E-state index >= 15 is 0 Å². The number of carbonyl (C=O) groups is 3. The summed E-state index contributed by atoms with van der Waals surface area (Å²) in [5, 5.41) is -0.0952. The van der Waals surface area contributed by atoms with Crippen LogP contribution in [-0.4, -0.2) is 29.2 Å². The Morgan fingerprint density at radius 1 is 1.14 bits per heavy atom. The number of nitrogens with two attached hydrogens (primary N) is 1. The molecule has 2 rings (SSSR count). The molecule has 5 nitrogen and oxygen atoms in total. The first-order valence-corrected chi connectivity index (χ1v) is 9.75. The van der Waals surface area contributed by atoms with E-state index in [0.717, 1.165) is 11.8 Å². The Kier molecular flexibility index (Phi) is 8.35. The maximum atomic E-state index is 13.5. The number of esters is 1. The summed E-state index contributed by atoms with van der Waals surface area (Å²) in [4.78, 5) is 36.0. The van der Waals surface area contributed by atoms with Crippen LogP contribution in [0.15, 0.2) is 48.5 Å². The molecule has 0 fully saturated rings. The SMILES string of the molecule is CC(=O)SCC(Cc1cccc(F)c1)C(=O)c1ccccc1COC(=O)CN. The summed E-state index contributed by atoms with van der Waals surface area (Å²) in [6.45, 7) is 1.13. The zero-order chi connectivity index (χ0) is 20.5. The van der Waals surface area contributed by atoms with Gasteiger partial charge >= 0.3 is 5.97 Å². The predicted octanol–water partition coefficient (Wildman–Crippen LogP) is 3.15.